The molecule has 0 aliphatic rings. The van der Waals surface area contributed by atoms with Crippen molar-refractivity contribution in [1.29, 1.82) is 0 Å². The first-order chi connectivity index (χ1) is 9.04. The second-order valence-electron chi connectivity index (χ2n) is 4.44. The molecule has 104 valence electrons. The molecule has 0 bridgehead atoms. The molecule has 1 aromatic rings. The summed E-state index contributed by atoms with van der Waals surface area (Å²) in [6.45, 7) is 2.49. The fraction of sp³-hybridized carbons (Fsp3) is 0.429. The summed E-state index contributed by atoms with van der Waals surface area (Å²) in [5.41, 5.74) is 6.93. The summed E-state index contributed by atoms with van der Waals surface area (Å²) in [5, 5.41) is 11.5. The van der Waals surface area contributed by atoms with E-state index in [1.807, 2.05) is 6.92 Å². The van der Waals surface area contributed by atoms with E-state index in [1.54, 1.807) is 24.3 Å². The van der Waals surface area contributed by atoms with Gasteiger partial charge in [0, 0.05) is 6.54 Å². The lowest BCUT2D eigenvalue weighted by Crippen LogP contribution is -2.41. The number of carbonyl (C=O) groups excluding carboxylic acids is 1. The maximum atomic E-state index is 11.6. The van der Waals surface area contributed by atoms with E-state index < -0.39 is 12.0 Å². The molecule has 0 aliphatic carbocycles. The molecule has 0 radical (unpaired) electrons. The Balaban J connectivity index is 2.37. The van der Waals surface area contributed by atoms with Crippen molar-refractivity contribution in [2.75, 3.05) is 6.54 Å². The van der Waals surface area contributed by atoms with Crippen molar-refractivity contribution in [3.05, 3.63) is 35.4 Å². The van der Waals surface area contributed by atoms with E-state index >= 15 is 0 Å². The fourth-order valence-corrected chi connectivity index (χ4v) is 1.72. The van der Waals surface area contributed by atoms with Gasteiger partial charge in [0.2, 0.25) is 5.91 Å². The maximum absolute atomic E-state index is 11.6. The Kier molecular flexibility index (Phi) is 6.02. The van der Waals surface area contributed by atoms with Crippen LogP contribution in [0.15, 0.2) is 24.3 Å². The zero-order valence-corrected chi connectivity index (χ0v) is 11.1. The molecule has 4 N–H and O–H groups in total. The third-order valence-corrected chi connectivity index (χ3v) is 2.85. The molecule has 1 rings (SSSR count). The van der Waals surface area contributed by atoms with Gasteiger partial charge in [0.15, 0.2) is 0 Å². The van der Waals surface area contributed by atoms with Gasteiger partial charge in [-0.15, -0.1) is 0 Å². The van der Waals surface area contributed by atoms with Crippen LogP contribution in [0.5, 0.6) is 0 Å². The van der Waals surface area contributed by atoms with Crippen LogP contribution in [0.2, 0.25) is 0 Å². The molecule has 5 heteroatoms. The summed E-state index contributed by atoms with van der Waals surface area (Å²) in [6, 6.07) is 6.17. The largest absolute Gasteiger partial charge is 0.478 e. The molecule has 0 saturated carbocycles. The fourth-order valence-electron chi connectivity index (χ4n) is 1.72. The molecule has 0 saturated heterocycles. The van der Waals surface area contributed by atoms with Crippen molar-refractivity contribution in [1.82, 2.24) is 5.32 Å². The van der Waals surface area contributed by atoms with E-state index in [0.717, 1.165) is 12.0 Å². The lowest BCUT2D eigenvalue weighted by Gasteiger charge is -2.11. The van der Waals surface area contributed by atoms with Gasteiger partial charge in [0.1, 0.15) is 0 Å². The molecule has 0 aliphatic heterocycles. The van der Waals surface area contributed by atoms with Crippen LogP contribution in [-0.2, 0) is 11.2 Å². The van der Waals surface area contributed by atoms with E-state index in [0.29, 0.717) is 19.4 Å². The van der Waals surface area contributed by atoms with E-state index in [1.165, 1.54) is 0 Å². The summed E-state index contributed by atoms with van der Waals surface area (Å²) in [7, 11) is 0. The number of carboxylic acid groups (broad SMARTS) is 1. The molecule has 1 unspecified atom stereocenters. The normalized spacial score (nSPS) is 11.9. The maximum Gasteiger partial charge on any atom is 0.335 e. The molecule has 1 amide bonds. The monoisotopic (exact) mass is 264 g/mol. The summed E-state index contributed by atoms with van der Waals surface area (Å²) in [4.78, 5) is 22.2. The van der Waals surface area contributed by atoms with Gasteiger partial charge in [0.05, 0.1) is 11.6 Å². The van der Waals surface area contributed by atoms with Crippen LogP contribution >= 0.6 is 0 Å². The number of carbonyl (C=O) groups is 2. The molecule has 0 fully saturated rings. The van der Waals surface area contributed by atoms with Crippen LogP contribution in [0.1, 0.15) is 35.7 Å². The zero-order valence-electron chi connectivity index (χ0n) is 11.1. The highest BCUT2D eigenvalue weighted by Crippen LogP contribution is 2.04. The molecule has 1 atom stereocenters. The number of aromatic carboxylic acids is 1. The first-order valence-corrected chi connectivity index (χ1v) is 6.40. The van der Waals surface area contributed by atoms with Crippen LogP contribution in [0.3, 0.4) is 0 Å². The van der Waals surface area contributed by atoms with Gasteiger partial charge in [-0.25, -0.2) is 4.79 Å². The molecule has 19 heavy (non-hydrogen) atoms. The van der Waals surface area contributed by atoms with Crippen molar-refractivity contribution in [2.24, 2.45) is 5.73 Å². The quantitative estimate of drug-likeness (QED) is 0.689. The van der Waals surface area contributed by atoms with Gasteiger partial charge in [-0.3, -0.25) is 4.79 Å². The van der Waals surface area contributed by atoms with Gasteiger partial charge in [-0.1, -0.05) is 25.5 Å². The summed E-state index contributed by atoms with van der Waals surface area (Å²) in [6.07, 6.45) is 2.22. The minimum absolute atomic E-state index is 0.135. The van der Waals surface area contributed by atoms with E-state index in [2.05, 4.69) is 5.32 Å². The number of nitrogens with two attached hydrogens (primary N) is 1. The van der Waals surface area contributed by atoms with Crippen molar-refractivity contribution < 1.29 is 14.7 Å². The highest BCUT2D eigenvalue weighted by atomic mass is 16.4. The van der Waals surface area contributed by atoms with Crippen molar-refractivity contribution in [3.63, 3.8) is 0 Å². The smallest absolute Gasteiger partial charge is 0.335 e. The summed E-state index contributed by atoms with van der Waals surface area (Å²) < 4.78 is 0. The number of amides is 1. The number of benzene rings is 1. The molecule has 0 spiro atoms. The average Bonchev–Trinajstić information content (AvgIpc) is 2.39. The molecule has 0 heterocycles. The standard InChI is InChI=1S/C14H20N2O3/c1-2-3-12(15)13(17)16-9-8-10-4-6-11(7-5-10)14(18)19/h4-7,12H,2-3,8-9,15H2,1H3,(H,16,17)(H,18,19). The van der Waals surface area contributed by atoms with Gasteiger partial charge < -0.3 is 16.2 Å². The SMILES string of the molecule is CCCC(N)C(=O)NCCc1ccc(C(=O)O)cc1. The topological polar surface area (TPSA) is 92.4 Å². The van der Waals surface area contributed by atoms with E-state index in [4.69, 9.17) is 10.8 Å². The summed E-state index contributed by atoms with van der Waals surface area (Å²) in [5.74, 6) is -1.07. The third-order valence-electron chi connectivity index (χ3n) is 2.85. The van der Waals surface area contributed by atoms with Crippen molar-refractivity contribution in [2.45, 2.75) is 32.2 Å². The Morgan fingerprint density at radius 3 is 2.47 bits per heavy atom. The van der Waals surface area contributed by atoms with E-state index in [9.17, 15) is 9.59 Å². The van der Waals surface area contributed by atoms with E-state index in [-0.39, 0.29) is 11.5 Å². The van der Waals surface area contributed by atoms with Gasteiger partial charge in [0.25, 0.3) is 0 Å². The van der Waals surface area contributed by atoms with Gasteiger partial charge in [-0.2, -0.15) is 0 Å². The second kappa shape index (κ2) is 7.53. The predicted octanol–water partition coefficient (Wildman–Crippen LogP) is 1.17. The minimum atomic E-state index is -0.939. The molecular weight excluding hydrogens is 244 g/mol. The third kappa shape index (κ3) is 5.09. The first kappa shape index (κ1) is 15.2. The Bertz CT molecular complexity index is 429. The Morgan fingerprint density at radius 1 is 1.32 bits per heavy atom. The first-order valence-electron chi connectivity index (χ1n) is 6.40. The Hall–Kier alpha value is -1.88. The highest BCUT2D eigenvalue weighted by Gasteiger charge is 2.11. The number of hydrogen-bond donors (Lipinski definition) is 3. The molecular formula is C14H20N2O3. The molecule has 5 nitrogen and oxygen atoms in total. The number of hydrogen-bond acceptors (Lipinski definition) is 3. The lowest BCUT2D eigenvalue weighted by atomic mass is 10.1. The van der Waals surface area contributed by atoms with Crippen molar-refractivity contribution in [3.8, 4) is 0 Å². The average molecular weight is 264 g/mol. The van der Waals surface area contributed by atoms with Crippen LogP contribution in [0, 0.1) is 0 Å². The van der Waals surface area contributed by atoms with Gasteiger partial charge in [-0.05, 0) is 30.5 Å². The van der Waals surface area contributed by atoms with Crippen molar-refractivity contribution >= 4 is 11.9 Å². The number of rotatable bonds is 7. The Labute approximate surface area is 112 Å². The molecule has 0 aromatic heterocycles. The van der Waals surface area contributed by atoms with Crippen LogP contribution in [0.4, 0.5) is 0 Å². The minimum Gasteiger partial charge on any atom is -0.478 e. The van der Waals surface area contributed by atoms with Crippen LogP contribution < -0.4 is 11.1 Å². The number of nitrogens with one attached hydrogen (secondary N) is 1. The Morgan fingerprint density at radius 2 is 1.95 bits per heavy atom. The number of carboxylic acids is 1. The van der Waals surface area contributed by atoms with Gasteiger partial charge >= 0.3 is 5.97 Å². The molecule has 1 aromatic carbocycles. The lowest BCUT2D eigenvalue weighted by molar-refractivity contribution is -0.122. The summed E-state index contributed by atoms with van der Waals surface area (Å²) >= 11 is 0. The predicted molar refractivity (Wildman–Crippen MR) is 73.0 cm³/mol. The highest BCUT2D eigenvalue weighted by molar-refractivity contribution is 5.87. The van der Waals surface area contributed by atoms with Crippen LogP contribution in [-0.4, -0.2) is 29.6 Å². The second-order valence-corrected chi connectivity index (χ2v) is 4.44. The zero-order chi connectivity index (χ0) is 14.3. The van der Waals surface area contributed by atoms with Crippen LogP contribution in [0.25, 0.3) is 0 Å².